The van der Waals surface area contributed by atoms with Crippen molar-refractivity contribution in [1.82, 2.24) is 5.43 Å². The highest BCUT2D eigenvalue weighted by Gasteiger charge is 2.10. The molecule has 17 heavy (non-hydrogen) atoms. The quantitative estimate of drug-likeness (QED) is 0.613. The summed E-state index contributed by atoms with van der Waals surface area (Å²) >= 11 is 3.52. The first-order chi connectivity index (χ1) is 8.04. The highest BCUT2D eigenvalue weighted by molar-refractivity contribution is 9.10. The van der Waals surface area contributed by atoms with Crippen molar-refractivity contribution in [2.45, 2.75) is 46.1 Å². The van der Waals surface area contributed by atoms with Crippen LogP contribution in [0, 0.1) is 12.8 Å². The van der Waals surface area contributed by atoms with Crippen LogP contribution in [0.4, 0.5) is 0 Å². The average Bonchev–Trinajstić information content (AvgIpc) is 2.28. The fraction of sp³-hybridized carbons (Fsp3) is 0.571. The van der Waals surface area contributed by atoms with Gasteiger partial charge in [0.25, 0.3) is 0 Å². The van der Waals surface area contributed by atoms with Crippen molar-refractivity contribution in [3.05, 3.63) is 33.8 Å². The lowest BCUT2D eigenvalue weighted by Crippen LogP contribution is -2.28. The normalized spacial score (nSPS) is 13.1. The molecule has 0 saturated heterocycles. The minimum Gasteiger partial charge on any atom is -0.271 e. The summed E-state index contributed by atoms with van der Waals surface area (Å²) in [5.41, 5.74) is 5.45. The highest BCUT2D eigenvalue weighted by Crippen LogP contribution is 2.24. The number of hydrazine groups is 1. The predicted molar refractivity (Wildman–Crippen MR) is 77.6 cm³/mol. The molecule has 0 fully saturated rings. The first-order valence-corrected chi connectivity index (χ1v) is 7.06. The number of nitrogens with two attached hydrogens (primary N) is 1. The fourth-order valence-electron chi connectivity index (χ4n) is 1.96. The number of hydrogen-bond donors (Lipinski definition) is 2. The van der Waals surface area contributed by atoms with Gasteiger partial charge in [0.1, 0.15) is 0 Å². The third-order valence-electron chi connectivity index (χ3n) is 3.06. The van der Waals surface area contributed by atoms with E-state index in [-0.39, 0.29) is 6.04 Å². The van der Waals surface area contributed by atoms with E-state index in [9.17, 15) is 0 Å². The van der Waals surface area contributed by atoms with Crippen molar-refractivity contribution in [2.24, 2.45) is 11.8 Å². The molecular formula is C14H23BrN2. The lowest BCUT2D eigenvalue weighted by molar-refractivity contribution is 0.455. The van der Waals surface area contributed by atoms with Crippen LogP contribution in [-0.4, -0.2) is 0 Å². The summed E-state index contributed by atoms with van der Waals surface area (Å²) in [6.45, 7) is 6.62. The molecule has 1 rings (SSSR count). The molecule has 0 aliphatic heterocycles. The van der Waals surface area contributed by atoms with Gasteiger partial charge in [0.2, 0.25) is 0 Å². The molecule has 0 aliphatic rings. The largest absolute Gasteiger partial charge is 0.271 e. The van der Waals surface area contributed by atoms with Crippen LogP contribution in [-0.2, 0) is 0 Å². The molecule has 0 aromatic heterocycles. The molecule has 0 aliphatic carbocycles. The lowest BCUT2D eigenvalue weighted by Gasteiger charge is -2.17. The molecule has 96 valence electrons. The summed E-state index contributed by atoms with van der Waals surface area (Å²) in [4.78, 5) is 0. The zero-order valence-electron chi connectivity index (χ0n) is 11.0. The predicted octanol–water partition coefficient (Wildman–Crippen LogP) is 4.09. The first-order valence-electron chi connectivity index (χ1n) is 6.26. The Kier molecular flexibility index (Phi) is 6.17. The first kappa shape index (κ1) is 14.7. The number of benzene rings is 1. The third kappa shape index (κ3) is 4.78. The van der Waals surface area contributed by atoms with Gasteiger partial charge in [-0.3, -0.25) is 11.3 Å². The van der Waals surface area contributed by atoms with Crippen molar-refractivity contribution in [2.75, 3.05) is 0 Å². The summed E-state index contributed by atoms with van der Waals surface area (Å²) in [6, 6.07) is 6.69. The molecule has 1 aromatic carbocycles. The molecule has 0 radical (unpaired) electrons. The van der Waals surface area contributed by atoms with Crippen LogP contribution in [0.2, 0.25) is 0 Å². The Morgan fingerprint density at radius 3 is 2.53 bits per heavy atom. The van der Waals surface area contributed by atoms with E-state index in [1.54, 1.807) is 0 Å². The summed E-state index contributed by atoms with van der Waals surface area (Å²) in [6.07, 6.45) is 3.56. The van der Waals surface area contributed by atoms with E-state index in [2.05, 4.69) is 60.3 Å². The van der Waals surface area contributed by atoms with Gasteiger partial charge in [-0.15, -0.1) is 0 Å². The molecule has 0 heterocycles. The molecule has 1 atom stereocenters. The number of nitrogens with one attached hydrogen (secondary N) is 1. The maximum atomic E-state index is 5.65. The monoisotopic (exact) mass is 298 g/mol. The molecular weight excluding hydrogens is 276 g/mol. The zero-order valence-corrected chi connectivity index (χ0v) is 12.5. The molecule has 3 heteroatoms. The van der Waals surface area contributed by atoms with E-state index in [1.807, 2.05) is 0 Å². The van der Waals surface area contributed by atoms with Crippen LogP contribution in [0.5, 0.6) is 0 Å². The van der Waals surface area contributed by atoms with E-state index in [1.165, 1.54) is 24.0 Å². The highest BCUT2D eigenvalue weighted by atomic mass is 79.9. The minimum atomic E-state index is 0.264. The molecule has 0 amide bonds. The van der Waals surface area contributed by atoms with Gasteiger partial charge in [-0.25, -0.2) is 0 Å². The van der Waals surface area contributed by atoms with Gasteiger partial charge in [0.05, 0.1) is 0 Å². The van der Waals surface area contributed by atoms with Gasteiger partial charge in [-0.05, 0) is 36.5 Å². The molecule has 3 N–H and O–H groups in total. The molecule has 0 bridgehead atoms. The smallest absolute Gasteiger partial charge is 0.0460 e. The molecule has 0 saturated carbocycles. The van der Waals surface area contributed by atoms with E-state index >= 15 is 0 Å². The van der Waals surface area contributed by atoms with Gasteiger partial charge in [-0.1, -0.05) is 54.8 Å². The molecule has 0 spiro atoms. The van der Waals surface area contributed by atoms with E-state index in [4.69, 9.17) is 5.84 Å². The van der Waals surface area contributed by atoms with Crippen LogP contribution in [0.1, 0.15) is 50.3 Å². The second-order valence-electron chi connectivity index (χ2n) is 5.05. The van der Waals surface area contributed by atoms with Crippen molar-refractivity contribution < 1.29 is 0 Å². The maximum Gasteiger partial charge on any atom is 0.0460 e. The molecule has 1 unspecified atom stereocenters. The lowest BCUT2D eigenvalue weighted by atomic mass is 9.97. The van der Waals surface area contributed by atoms with Crippen LogP contribution >= 0.6 is 15.9 Å². The van der Waals surface area contributed by atoms with Gasteiger partial charge >= 0.3 is 0 Å². The Hall–Kier alpha value is -0.380. The van der Waals surface area contributed by atoms with Crippen molar-refractivity contribution in [1.29, 1.82) is 0 Å². The summed E-state index contributed by atoms with van der Waals surface area (Å²) < 4.78 is 1.15. The summed E-state index contributed by atoms with van der Waals surface area (Å²) in [5.74, 6) is 6.41. The molecule has 2 nitrogen and oxygen atoms in total. The second-order valence-corrected chi connectivity index (χ2v) is 5.91. The SMILES string of the molecule is Cc1cc(C(CCCC(C)C)NN)ccc1Br. The van der Waals surface area contributed by atoms with E-state index < -0.39 is 0 Å². The summed E-state index contributed by atoms with van der Waals surface area (Å²) in [7, 11) is 0. The number of halogens is 1. The molecule has 1 aromatic rings. The standard InChI is InChI=1S/C14H23BrN2/c1-10(2)5-4-6-14(17-16)12-7-8-13(15)11(3)9-12/h7-10,14,17H,4-6,16H2,1-3H3. The van der Waals surface area contributed by atoms with Crippen molar-refractivity contribution >= 4 is 15.9 Å². The van der Waals surface area contributed by atoms with Crippen LogP contribution in [0.25, 0.3) is 0 Å². The van der Waals surface area contributed by atoms with Crippen LogP contribution in [0.3, 0.4) is 0 Å². The van der Waals surface area contributed by atoms with Gasteiger partial charge in [-0.2, -0.15) is 0 Å². The zero-order chi connectivity index (χ0) is 12.8. The van der Waals surface area contributed by atoms with Gasteiger partial charge < -0.3 is 0 Å². The summed E-state index contributed by atoms with van der Waals surface area (Å²) in [5, 5.41) is 0. The van der Waals surface area contributed by atoms with Gasteiger partial charge in [0, 0.05) is 10.5 Å². The topological polar surface area (TPSA) is 38.0 Å². The number of hydrogen-bond acceptors (Lipinski definition) is 2. The minimum absolute atomic E-state index is 0.264. The van der Waals surface area contributed by atoms with Crippen molar-refractivity contribution in [3.63, 3.8) is 0 Å². The number of aryl methyl sites for hydroxylation is 1. The average molecular weight is 299 g/mol. The Bertz CT molecular complexity index is 350. The van der Waals surface area contributed by atoms with E-state index in [0.29, 0.717) is 0 Å². The number of rotatable bonds is 6. The second kappa shape index (κ2) is 7.14. The van der Waals surface area contributed by atoms with Crippen molar-refractivity contribution in [3.8, 4) is 0 Å². The van der Waals surface area contributed by atoms with E-state index in [0.717, 1.165) is 16.8 Å². The Morgan fingerprint density at radius 2 is 2.00 bits per heavy atom. The Labute approximate surface area is 113 Å². The van der Waals surface area contributed by atoms with Crippen LogP contribution < -0.4 is 11.3 Å². The van der Waals surface area contributed by atoms with Gasteiger partial charge in [0.15, 0.2) is 0 Å². The van der Waals surface area contributed by atoms with Crippen LogP contribution in [0.15, 0.2) is 22.7 Å². The Morgan fingerprint density at radius 1 is 1.29 bits per heavy atom. The maximum absolute atomic E-state index is 5.65. The third-order valence-corrected chi connectivity index (χ3v) is 3.95. The Balaban J connectivity index is 2.62. The fourth-order valence-corrected chi connectivity index (χ4v) is 2.21.